The molecule has 0 aliphatic carbocycles. The molecule has 1 aromatic rings. The van der Waals surface area contributed by atoms with Crippen LogP contribution < -0.4 is 10.6 Å². The van der Waals surface area contributed by atoms with Gasteiger partial charge in [0, 0.05) is 37.7 Å². The van der Waals surface area contributed by atoms with Crippen LogP contribution in [0.4, 0.5) is 13.2 Å². The van der Waals surface area contributed by atoms with E-state index in [0.717, 1.165) is 12.0 Å². The summed E-state index contributed by atoms with van der Waals surface area (Å²) in [4.78, 5) is 4.09. The van der Waals surface area contributed by atoms with E-state index in [0.29, 0.717) is 21.8 Å². The summed E-state index contributed by atoms with van der Waals surface area (Å²) in [5.41, 5.74) is -4.19. The third-order valence-electron chi connectivity index (χ3n) is 4.25. The van der Waals surface area contributed by atoms with Crippen LogP contribution in [0, 0.1) is 0 Å². The van der Waals surface area contributed by atoms with Crippen molar-refractivity contribution in [2.45, 2.75) is 30.8 Å². The molecular formula is C16H23ClF3IN4O2S. The van der Waals surface area contributed by atoms with Crippen LogP contribution in [0.1, 0.15) is 18.4 Å². The van der Waals surface area contributed by atoms with Gasteiger partial charge in [0.2, 0.25) is 0 Å². The van der Waals surface area contributed by atoms with Gasteiger partial charge in [-0.05, 0) is 37.0 Å². The summed E-state index contributed by atoms with van der Waals surface area (Å²) in [5, 5.41) is 6.92. The number of alkyl halides is 3. The van der Waals surface area contributed by atoms with Gasteiger partial charge in [-0.25, -0.2) is 8.42 Å². The lowest BCUT2D eigenvalue weighted by Gasteiger charge is -2.32. The minimum Gasteiger partial charge on any atom is -0.356 e. The van der Waals surface area contributed by atoms with Crippen molar-refractivity contribution in [2.75, 3.05) is 26.7 Å². The second-order valence-corrected chi connectivity index (χ2v) is 8.51. The number of nitrogens with zero attached hydrogens (tertiary/aromatic N) is 2. The number of halogens is 5. The number of nitrogens with one attached hydrogen (secondary N) is 2. The molecule has 6 nitrogen and oxygen atoms in total. The zero-order valence-electron chi connectivity index (χ0n) is 15.2. The lowest BCUT2D eigenvalue weighted by molar-refractivity contribution is -0.0494. The van der Waals surface area contributed by atoms with E-state index in [2.05, 4.69) is 15.6 Å². The highest BCUT2D eigenvalue weighted by Gasteiger charge is 2.50. The van der Waals surface area contributed by atoms with Crippen LogP contribution in [-0.4, -0.2) is 56.9 Å². The lowest BCUT2D eigenvalue weighted by Crippen LogP contribution is -2.51. The number of benzene rings is 1. The fourth-order valence-corrected chi connectivity index (χ4v) is 3.99. The summed E-state index contributed by atoms with van der Waals surface area (Å²) in [5.74, 6) is 0.522. The quantitative estimate of drug-likeness (QED) is 0.334. The number of hydrogen-bond acceptors (Lipinski definition) is 3. The standard InChI is InChI=1S/C16H22ClF3N4O2S.HI/c1-21-15(22-8-5-12-3-2-4-13(17)11-12)23-14-6-9-24(10-7-14)27(25,26)16(18,19)20;/h2-4,11,14H,5-10H2,1H3,(H2,21,22,23);1H. The van der Waals surface area contributed by atoms with Crippen LogP contribution in [0.3, 0.4) is 0 Å². The first-order chi connectivity index (χ1) is 12.6. The summed E-state index contributed by atoms with van der Waals surface area (Å²) in [6, 6.07) is 7.34. The van der Waals surface area contributed by atoms with Gasteiger partial charge in [0.15, 0.2) is 5.96 Å². The van der Waals surface area contributed by atoms with Gasteiger partial charge in [-0.3, -0.25) is 4.99 Å². The molecule has 0 aromatic heterocycles. The van der Waals surface area contributed by atoms with E-state index in [4.69, 9.17) is 11.6 Å². The minimum absolute atomic E-state index is 0. The normalized spacial score (nSPS) is 17.1. The smallest absolute Gasteiger partial charge is 0.356 e. The number of aliphatic imine (C=N–C) groups is 1. The van der Waals surface area contributed by atoms with Crippen molar-refractivity contribution in [3.63, 3.8) is 0 Å². The van der Waals surface area contributed by atoms with Gasteiger partial charge in [-0.2, -0.15) is 17.5 Å². The number of sulfonamides is 1. The summed E-state index contributed by atoms with van der Waals surface area (Å²) in [6.45, 7) is 0.235. The average molecular weight is 555 g/mol. The molecule has 1 aliphatic rings. The Balaban J connectivity index is 0.00000392. The van der Waals surface area contributed by atoms with Crippen molar-refractivity contribution < 1.29 is 21.6 Å². The number of guanidine groups is 1. The Labute approximate surface area is 185 Å². The first-order valence-electron chi connectivity index (χ1n) is 8.41. The highest BCUT2D eigenvalue weighted by molar-refractivity contribution is 14.0. The molecule has 12 heteroatoms. The average Bonchev–Trinajstić information content (AvgIpc) is 2.60. The summed E-state index contributed by atoms with van der Waals surface area (Å²) in [7, 11) is -3.66. The van der Waals surface area contributed by atoms with Gasteiger partial charge in [0.25, 0.3) is 0 Å². The highest BCUT2D eigenvalue weighted by Crippen LogP contribution is 2.28. The van der Waals surface area contributed by atoms with Gasteiger partial charge in [-0.1, -0.05) is 23.7 Å². The molecule has 1 heterocycles. The molecule has 0 spiro atoms. The van der Waals surface area contributed by atoms with Crippen LogP contribution in [0.15, 0.2) is 29.3 Å². The van der Waals surface area contributed by atoms with Crippen LogP contribution >= 0.6 is 35.6 Å². The lowest BCUT2D eigenvalue weighted by atomic mass is 10.1. The maximum absolute atomic E-state index is 12.6. The SMILES string of the molecule is CN=C(NCCc1cccc(Cl)c1)NC1CCN(S(=O)(=O)C(F)(F)F)CC1.I. The molecule has 2 N–H and O–H groups in total. The fourth-order valence-electron chi connectivity index (χ4n) is 2.79. The molecule has 0 bridgehead atoms. The molecule has 0 atom stereocenters. The molecule has 1 aliphatic heterocycles. The first kappa shape index (κ1) is 25.2. The topological polar surface area (TPSA) is 73.8 Å². The van der Waals surface area contributed by atoms with E-state index in [1.54, 1.807) is 13.1 Å². The van der Waals surface area contributed by atoms with Gasteiger partial charge < -0.3 is 10.6 Å². The van der Waals surface area contributed by atoms with Crippen molar-refractivity contribution in [3.05, 3.63) is 34.9 Å². The van der Waals surface area contributed by atoms with Gasteiger partial charge in [0.1, 0.15) is 0 Å². The molecule has 160 valence electrons. The molecule has 0 saturated carbocycles. The van der Waals surface area contributed by atoms with Crippen LogP contribution in [-0.2, 0) is 16.4 Å². The Morgan fingerprint density at radius 1 is 1.32 bits per heavy atom. The number of piperidine rings is 1. The predicted molar refractivity (Wildman–Crippen MR) is 115 cm³/mol. The van der Waals surface area contributed by atoms with Crippen LogP contribution in [0.5, 0.6) is 0 Å². The van der Waals surface area contributed by atoms with E-state index < -0.39 is 15.5 Å². The monoisotopic (exact) mass is 554 g/mol. The van der Waals surface area contributed by atoms with E-state index >= 15 is 0 Å². The fraction of sp³-hybridized carbons (Fsp3) is 0.562. The van der Waals surface area contributed by atoms with E-state index in [1.165, 1.54) is 0 Å². The van der Waals surface area contributed by atoms with Crippen molar-refractivity contribution in [1.29, 1.82) is 0 Å². The molecule has 0 radical (unpaired) electrons. The van der Waals surface area contributed by atoms with Crippen molar-refractivity contribution in [2.24, 2.45) is 4.99 Å². The number of rotatable bonds is 5. The van der Waals surface area contributed by atoms with Gasteiger partial charge in [-0.15, -0.1) is 24.0 Å². The Morgan fingerprint density at radius 3 is 2.50 bits per heavy atom. The third-order valence-corrected chi connectivity index (χ3v) is 6.11. The molecule has 28 heavy (non-hydrogen) atoms. The second kappa shape index (κ2) is 10.8. The Bertz CT molecular complexity index is 769. The molecule has 0 amide bonds. The van der Waals surface area contributed by atoms with Crippen LogP contribution in [0.25, 0.3) is 0 Å². The zero-order valence-corrected chi connectivity index (χ0v) is 19.1. The van der Waals surface area contributed by atoms with Crippen molar-refractivity contribution in [3.8, 4) is 0 Å². The maximum atomic E-state index is 12.6. The number of hydrogen-bond donors (Lipinski definition) is 2. The molecule has 1 saturated heterocycles. The first-order valence-corrected chi connectivity index (χ1v) is 10.2. The molecule has 1 fully saturated rings. The molecular weight excluding hydrogens is 532 g/mol. The van der Waals surface area contributed by atoms with Gasteiger partial charge >= 0.3 is 15.5 Å². The van der Waals surface area contributed by atoms with E-state index in [9.17, 15) is 21.6 Å². The molecule has 0 unspecified atom stereocenters. The largest absolute Gasteiger partial charge is 0.511 e. The minimum atomic E-state index is -5.26. The summed E-state index contributed by atoms with van der Waals surface area (Å²) in [6.07, 6.45) is 1.26. The molecule has 1 aromatic carbocycles. The van der Waals surface area contributed by atoms with Crippen LogP contribution in [0.2, 0.25) is 5.02 Å². The van der Waals surface area contributed by atoms with Crippen molar-refractivity contribution >= 4 is 51.6 Å². The predicted octanol–water partition coefficient (Wildman–Crippen LogP) is 2.98. The zero-order chi connectivity index (χ0) is 20.1. The Hall–Kier alpha value is -0.790. The summed E-state index contributed by atoms with van der Waals surface area (Å²) < 4.78 is 61.1. The highest BCUT2D eigenvalue weighted by atomic mass is 127. The Kier molecular flexibility index (Phi) is 9.77. The van der Waals surface area contributed by atoms with Crippen molar-refractivity contribution in [1.82, 2.24) is 14.9 Å². The molecule has 2 rings (SSSR count). The van der Waals surface area contributed by atoms with E-state index in [1.807, 2.05) is 18.2 Å². The van der Waals surface area contributed by atoms with E-state index in [-0.39, 0.29) is 55.9 Å². The summed E-state index contributed by atoms with van der Waals surface area (Å²) >= 11 is 5.94. The maximum Gasteiger partial charge on any atom is 0.511 e. The second-order valence-electron chi connectivity index (χ2n) is 6.15. The third kappa shape index (κ3) is 6.92. The van der Waals surface area contributed by atoms with Gasteiger partial charge in [0.05, 0.1) is 0 Å². The Morgan fingerprint density at radius 2 is 1.96 bits per heavy atom.